The molecular weight excluding hydrogens is 377 g/mol. The molecule has 0 spiro atoms. The van der Waals surface area contributed by atoms with Crippen LogP contribution in [0.3, 0.4) is 0 Å². The Morgan fingerprint density at radius 1 is 1.52 bits per heavy atom. The Bertz CT molecular complexity index is 636. The van der Waals surface area contributed by atoms with Gasteiger partial charge in [0.2, 0.25) is 0 Å². The topological polar surface area (TPSA) is 28.2 Å². The Labute approximate surface area is 140 Å². The molecule has 3 nitrogen and oxygen atoms in total. The molecule has 0 unspecified atom stereocenters. The zero-order chi connectivity index (χ0) is 14.8. The summed E-state index contributed by atoms with van der Waals surface area (Å²) in [5, 5.41) is 5.00. The van der Waals surface area contributed by atoms with Crippen molar-refractivity contribution >= 4 is 44.0 Å². The largest absolute Gasteiger partial charge is 0.346 e. The fraction of sp³-hybridized carbons (Fsp3) is 0.357. The molecule has 21 heavy (non-hydrogen) atoms. The molecule has 3 rings (SSSR count). The Morgan fingerprint density at radius 3 is 3.10 bits per heavy atom. The van der Waals surface area contributed by atoms with E-state index >= 15 is 0 Å². The van der Waals surface area contributed by atoms with Gasteiger partial charge in [-0.2, -0.15) is 0 Å². The first-order valence-electron chi connectivity index (χ1n) is 6.65. The number of nitrogens with zero attached hydrogens (tertiary/aromatic N) is 2. The summed E-state index contributed by atoms with van der Waals surface area (Å²) >= 11 is 11.1. The SMILES string of the molecule is Fc1ccc(CN[C@H]2CCN(c3ncc(Br)s3)C2)c(Cl)c1. The van der Waals surface area contributed by atoms with Crippen LogP contribution in [-0.4, -0.2) is 24.1 Å². The third-order valence-electron chi connectivity index (χ3n) is 3.52. The molecule has 1 aromatic carbocycles. The van der Waals surface area contributed by atoms with Crippen molar-refractivity contribution in [3.05, 3.63) is 44.6 Å². The molecule has 1 saturated heterocycles. The van der Waals surface area contributed by atoms with Crippen molar-refractivity contribution in [2.75, 3.05) is 18.0 Å². The summed E-state index contributed by atoms with van der Waals surface area (Å²) in [5.74, 6) is -0.301. The molecule has 7 heteroatoms. The monoisotopic (exact) mass is 389 g/mol. The second-order valence-corrected chi connectivity index (χ2v) is 7.79. The number of nitrogens with one attached hydrogen (secondary N) is 1. The van der Waals surface area contributed by atoms with Gasteiger partial charge < -0.3 is 10.2 Å². The van der Waals surface area contributed by atoms with E-state index in [9.17, 15) is 4.39 Å². The minimum absolute atomic E-state index is 0.301. The van der Waals surface area contributed by atoms with Crippen LogP contribution in [0.5, 0.6) is 0 Å². The Kier molecular flexibility index (Phi) is 4.78. The Balaban J connectivity index is 1.55. The molecule has 1 aliphatic rings. The lowest BCUT2D eigenvalue weighted by Crippen LogP contribution is -2.32. The maximum absolute atomic E-state index is 13.0. The number of benzene rings is 1. The van der Waals surface area contributed by atoms with Crippen LogP contribution >= 0.6 is 38.9 Å². The number of rotatable bonds is 4. The van der Waals surface area contributed by atoms with E-state index in [2.05, 4.69) is 31.1 Å². The molecule has 2 heterocycles. The highest BCUT2D eigenvalue weighted by Crippen LogP contribution is 2.29. The number of hydrogen-bond acceptors (Lipinski definition) is 4. The second-order valence-electron chi connectivity index (χ2n) is 5.00. The van der Waals surface area contributed by atoms with Gasteiger partial charge in [0.05, 0.1) is 9.98 Å². The Morgan fingerprint density at radius 2 is 2.38 bits per heavy atom. The average molecular weight is 391 g/mol. The van der Waals surface area contributed by atoms with E-state index in [1.807, 2.05) is 6.20 Å². The molecule has 1 aromatic heterocycles. The quantitative estimate of drug-likeness (QED) is 0.853. The van der Waals surface area contributed by atoms with Crippen LogP contribution in [0.1, 0.15) is 12.0 Å². The summed E-state index contributed by atoms with van der Waals surface area (Å²) in [4.78, 5) is 6.66. The van der Waals surface area contributed by atoms with Gasteiger partial charge in [-0.15, -0.1) is 0 Å². The van der Waals surface area contributed by atoms with Gasteiger partial charge >= 0.3 is 0 Å². The molecule has 0 amide bonds. The number of anilines is 1. The summed E-state index contributed by atoms with van der Waals surface area (Å²) < 4.78 is 14.1. The normalized spacial score (nSPS) is 18.4. The van der Waals surface area contributed by atoms with Gasteiger partial charge in [-0.25, -0.2) is 9.37 Å². The molecule has 1 fully saturated rings. The molecule has 1 aliphatic heterocycles. The van der Waals surface area contributed by atoms with Crippen LogP contribution in [0, 0.1) is 5.82 Å². The Hall–Kier alpha value is -0.690. The van der Waals surface area contributed by atoms with Gasteiger partial charge in [0, 0.05) is 30.7 Å². The summed E-state index contributed by atoms with van der Waals surface area (Å²) in [6.45, 7) is 2.58. The third-order valence-corrected chi connectivity index (χ3v) is 5.41. The molecule has 0 radical (unpaired) electrons. The minimum Gasteiger partial charge on any atom is -0.346 e. The fourth-order valence-corrected chi connectivity index (χ4v) is 3.86. The van der Waals surface area contributed by atoms with E-state index in [0.29, 0.717) is 17.6 Å². The van der Waals surface area contributed by atoms with Crippen molar-refractivity contribution < 1.29 is 4.39 Å². The van der Waals surface area contributed by atoms with Crippen LogP contribution in [0.25, 0.3) is 0 Å². The lowest BCUT2D eigenvalue weighted by atomic mass is 10.2. The highest BCUT2D eigenvalue weighted by Gasteiger charge is 2.24. The van der Waals surface area contributed by atoms with E-state index in [-0.39, 0.29) is 5.82 Å². The lowest BCUT2D eigenvalue weighted by molar-refractivity contribution is 0.550. The zero-order valence-electron chi connectivity index (χ0n) is 11.2. The van der Waals surface area contributed by atoms with Gasteiger partial charge in [0.25, 0.3) is 0 Å². The van der Waals surface area contributed by atoms with Crippen molar-refractivity contribution in [1.82, 2.24) is 10.3 Å². The van der Waals surface area contributed by atoms with Crippen LogP contribution < -0.4 is 10.2 Å². The molecule has 1 atom stereocenters. The smallest absolute Gasteiger partial charge is 0.186 e. The summed E-state index contributed by atoms with van der Waals surface area (Å²) in [6, 6.07) is 4.92. The average Bonchev–Trinajstić information content (AvgIpc) is 3.06. The molecule has 0 aliphatic carbocycles. The van der Waals surface area contributed by atoms with E-state index in [0.717, 1.165) is 34.0 Å². The summed E-state index contributed by atoms with van der Waals surface area (Å²) in [6.07, 6.45) is 2.90. The van der Waals surface area contributed by atoms with Crippen LogP contribution in [0.2, 0.25) is 5.02 Å². The maximum Gasteiger partial charge on any atom is 0.186 e. The van der Waals surface area contributed by atoms with Crippen LogP contribution in [0.4, 0.5) is 9.52 Å². The van der Waals surface area contributed by atoms with Crippen molar-refractivity contribution in [2.24, 2.45) is 0 Å². The van der Waals surface area contributed by atoms with Crippen LogP contribution in [-0.2, 0) is 6.54 Å². The van der Waals surface area contributed by atoms with E-state index in [1.165, 1.54) is 12.1 Å². The first kappa shape index (κ1) is 15.2. The molecule has 1 N–H and O–H groups in total. The van der Waals surface area contributed by atoms with Crippen molar-refractivity contribution in [3.63, 3.8) is 0 Å². The van der Waals surface area contributed by atoms with Gasteiger partial charge in [-0.3, -0.25) is 0 Å². The van der Waals surface area contributed by atoms with E-state index < -0.39 is 0 Å². The minimum atomic E-state index is -0.301. The first-order valence-corrected chi connectivity index (χ1v) is 8.64. The van der Waals surface area contributed by atoms with Crippen molar-refractivity contribution in [1.29, 1.82) is 0 Å². The second kappa shape index (κ2) is 6.60. The lowest BCUT2D eigenvalue weighted by Gasteiger charge is -2.16. The molecule has 0 bridgehead atoms. The van der Waals surface area contributed by atoms with Gasteiger partial charge in [-0.1, -0.05) is 29.0 Å². The van der Waals surface area contributed by atoms with E-state index in [1.54, 1.807) is 17.4 Å². The maximum atomic E-state index is 13.0. The first-order chi connectivity index (χ1) is 10.1. The van der Waals surface area contributed by atoms with Gasteiger partial charge in [0.15, 0.2) is 5.13 Å². The number of aromatic nitrogens is 1. The van der Waals surface area contributed by atoms with Gasteiger partial charge in [-0.05, 0) is 40.0 Å². The molecule has 2 aromatic rings. The highest BCUT2D eigenvalue weighted by molar-refractivity contribution is 9.11. The molecular formula is C14H14BrClFN3S. The number of hydrogen-bond donors (Lipinski definition) is 1. The molecule has 112 valence electrons. The summed E-state index contributed by atoms with van der Waals surface area (Å²) in [5.41, 5.74) is 0.925. The highest BCUT2D eigenvalue weighted by atomic mass is 79.9. The fourth-order valence-electron chi connectivity index (χ4n) is 2.41. The number of halogens is 3. The molecule has 0 saturated carbocycles. The van der Waals surface area contributed by atoms with Crippen LogP contribution in [0.15, 0.2) is 28.2 Å². The van der Waals surface area contributed by atoms with Crippen molar-refractivity contribution in [3.8, 4) is 0 Å². The number of thiazole rings is 1. The van der Waals surface area contributed by atoms with Crippen molar-refractivity contribution in [2.45, 2.75) is 19.0 Å². The third kappa shape index (κ3) is 3.74. The summed E-state index contributed by atoms with van der Waals surface area (Å²) in [7, 11) is 0. The zero-order valence-corrected chi connectivity index (χ0v) is 14.3. The van der Waals surface area contributed by atoms with E-state index in [4.69, 9.17) is 11.6 Å². The standard InChI is InChI=1S/C14H14BrClFN3S/c15-13-7-19-14(21-13)20-4-3-11(8-20)18-6-9-1-2-10(17)5-12(9)16/h1-2,5,7,11,18H,3-4,6,8H2/t11-/m0/s1. The van der Waals surface area contributed by atoms with Gasteiger partial charge in [0.1, 0.15) is 5.82 Å². The predicted molar refractivity (Wildman–Crippen MR) is 88.7 cm³/mol. The predicted octanol–water partition coefficient (Wildman–Crippen LogP) is 4.07.